The maximum atomic E-state index is 13.8. The molecule has 11 heteroatoms. The third-order valence-corrected chi connectivity index (χ3v) is 8.74. The molecular weight excluding hydrogens is 500 g/mol. The van der Waals surface area contributed by atoms with Crippen LogP contribution in [0.5, 0.6) is 0 Å². The minimum absolute atomic E-state index is 0.0262. The van der Waals surface area contributed by atoms with Crippen molar-refractivity contribution in [3.8, 4) is 22.4 Å². The van der Waals surface area contributed by atoms with Crippen molar-refractivity contribution in [2.75, 3.05) is 31.2 Å². The highest BCUT2D eigenvalue weighted by atomic mass is 35.5. The van der Waals surface area contributed by atoms with Crippen LogP contribution in [0, 0.1) is 6.92 Å². The van der Waals surface area contributed by atoms with Gasteiger partial charge in [0.05, 0.1) is 16.7 Å². The van der Waals surface area contributed by atoms with Crippen LogP contribution in [0.3, 0.4) is 0 Å². The second-order valence-corrected chi connectivity index (χ2v) is 11.6. The fraction of sp³-hybridized carbons (Fsp3) is 0.280. The van der Waals surface area contributed by atoms with E-state index in [-0.39, 0.29) is 24.4 Å². The molecule has 1 atom stereocenters. The van der Waals surface area contributed by atoms with Crippen LogP contribution >= 0.6 is 11.6 Å². The van der Waals surface area contributed by atoms with E-state index in [0.717, 1.165) is 17.0 Å². The largest absolute Gasteiger partial charge is 0.357 e. The zero-order chi connectivity index (χ0) is 25.4. The molecule has 4 aromatic rings. The zero-order valence-corrected chi connectivity index (χ0v) is 21.4. The molecule has 186 valence electrons. The van der Waals surface area contributed by atoms with E-state index in [2.05, 4.69) is 25.6 Å². The van der Waals surface area contributed by atoms with Gasteiger partial charge in [-0.3, -0.25) is 14.3 Å². The second-order valence-electron chi connectivity index (χ2n) is 8.75. The Kier molecular flexibility index (Phi) is 6.50. The van der Waals surface area contributed by atoms with Gasteiger partial charge in [-0.15, -0.1) is 0 Å². The van der Waals surface area contributed by atoms with Crippen LogP contribution in [0.1, 0.15) is 5.69 Å². The Hall–Kier alpha value is -3.34. The third-order valence-electron chi connectivity index (χ3n) is 6.32. The van der Waals surface area contributed by atoms with Crippen LogP contribution in [0.25, 0.3) is 33.4 Å². The number of aromatic nitrogens is 4. The van der Waals surface area contributed by atoms with E-state index >= 15 is 0 Å². The van der Waals surface area contributed by atoms with Crippen LogP contribution in [0.2, 0.25) is 5.02 Å². The van der Waals surface area contributed by atoms with Crippen molar-refractivity contribution >= 4 is 38.4 Å². The molecule has 2 N–H and O–H groups in total. The minimum atomic E-state index is -3.36. The quantitative estimate of drug-likeness (QED) is 0.409. The molecule has 1 aliphatic rings. The molecule has 0 bridgehead atoms. The van der Waals surface area contributed by atoms with Crippen LogP contribution in [-0.4, -0.2) is 59.1 Å². The Morgan fingerprint density at radius 3 is 2.72 bits per heavy atom. The number of anilines is 1. The Balaban J connectivity index is 1.66. The smallest absolute Gasteiger partial charge is 0.260 e. The third kappa shape index (κ3) is 4.59. The van der Waals surface area contributed by atoms with Gasteiger partial charge in [0.15, 0.2) is 9.84 Å². The van der Waals surface area contributed by atoms with Gasteiger partial charge in [0.2, 0.25) is 5.95 Å². The van der Waals surface area contributed by atoms with Crippen LogP contribution in [0.4, 0.5) is 5.95 Å². The van der Waals surface area contributed by atoms with Crippen molar-refractivity contribution in [2.24, 2.45) is 0 Å². The number of hydrogen-bond acceptors (Lipinski definition) is 8. The molecular formula is C25H25ClN6O3S. The van der Waals surface area contributed by atoms with E-state index in [0.29, 0.717) is 39.7 Å². The summed E-state index contributed by atoms with van der Waals surface area (Å²) in [5, 5.41) is 6.23. The minimum Gasteiger partial charge on any atom is -0.357 e. The standard InChI is InChI=1S/C25H25ClN6O3S/c1-15-4-3-5-22(30-15)16-6-7-19(21(26)11-16)20-10-17-12-29-25(27-2)31-23(17)32(24(20)33)14-18-13-28-8-9-36(18,34)35/h3-7,10-12,18,28H,8-9,13-14H2,1-2H3,(H,27,29,31). The fourth-order valence-corrected chi connectivity index (χ4v) is 6.18. The van der Waals surface area contributed by atoms with Gasteiger partial charge in [-0.1, -0.05) is 29.8 Å². The van der Waals surface area contributed by atoms with Crippen molar-refractivity contribution in [3.63, 3.8) is 0 Å². The lowest BCUT2D eigenvalue weighted by atomic mass is 10.0. The average Bonchev–Trinajstić information content (AvgIpc) is 2.86. The van der Waals surface area contributed by atoms with Gasteiger partial charge >= 0.3 is 0 Å². The lowest BCUT2D eigenvalue weighted by Crippen LogP contribution is -2.47. The van der Waals surface area contributed by atoms with Crippen LogP contribution in [-0.2, 0) is 16.4 Å². The van der Waals surface area contributed by atoms with E-state index in [9.17, 15) is 13.2 Å². The average molecular weight is 525 g/mol. The highest BCUT2D eigenvalue weighted by molar-refractivity contribution is 7.92. The molecule has 0 radical (unpaired) electrons. The summed E-state index contributed by atoms with van der Waals surface area (Å²) in [4.78, 5) is 27.1. The number of halogens is 1. The monoisotopic (exact) mass is 524 g/mol. The van der Waals surface area contributed by atoms with Gasteiger partial charge in [0, 0.05) is 65.7 Å². The Bertz CT molecular complexity index is 1640. The van der Waals surface area contributed by atoms with E-state index in [1.807, 2.05) is 31.2 Å². The van der Waals surface area contributed by atoms with Gasteiger partial charge in [-0.25, -0.2) is 13.4 Å². The van der Waals surface area contributed by atoms with Crippen LogP contribution in [0.15, 0.2) is 53.5 Å². The first kappa shape index (κ1) is 24.4. The van der Waals surface area contributed by atoms with Crippen LogP contribution < -0.4 is 16.2 Å². The Morgan fingerprint density at radius 2 is 2.00 bits per heavy atom. The summed E-state index contributed by atoms with van der Waals surface area (Å²) in [5.41, 5.74) is 3.37. The van der Waals surface area contributed by atoms with Gasteiger partial charge in [-0.05, 0) is 31.2 Å². The Morgan fingerprint density at radius 1 is 1.17 bits per heavy atom. The van der Waals surface area contributed by atoms with Crippen molar-refractivity contribution in [1.82, 2.24) is 24.8 Å². The molecule has 0 amide bonds. The van der Waals surface area contributed by atoms with Crippen molar-refractivity contribution < 1.29 is 8.42 Å². The first-order chi connectivity index (χ1) is 17.3. The molecule has 9 nitrogen and oxygen atoms in total. The summed E-state index contributed by atoms with van der Waals surface area (Å²) in [7, 11) is -1.68. The topological polar surface area (TPSA) is 119 Å². The maximum absolute atomic E-state index is 13.8. The van der Waals surface area contributed by atoms with Crippen molar-refractivity contribution in [3.05, 3.63) is 69.7 Å². The van der Waals surface area contributed by atoms with Gasteiger partial charge < -0.3 is 10.6 Å². The number of sulfone groups is 1. The molecule has 5 rings (SSSR count). The predicted octanol–water partition coefficient (Wildman–Crippen LogP) is 2.91. The number of nitrogens with zero attached hydrogens (tertiary/aromatic N) is 4. The van der Waals surface area contributed by atoms with E-state index < -0.39 is 15.1 Å². The molecule has 3 aromatic heterocycles. The van der Waals surface area contributed by atoms with Gasteiger partial charge in [-0.2, -0.15) is 4.98 Å². The van der Waals surface area contributed by atoms with Gasteiger partial charge in [0.25, 0.3) is 5.56 Å². The van der Waals surface area contributed by atoms with E-state index in [1.165, 1.54) is 4.57 Å². The molecule has 1 aliphatic heterocycles. The number of benzene rings is 1. The first-order valence-corrected chi connectivity index (χ1v) is 13.6. The molecule has 36 heavy (non-hydrogen) atoms. The summed E-state index contributed by atoms with van der Waals surface area (Å²) in [6, 6.07) is 12.9. The molecule has 0 aliphatic carbocycles. The first-order valence-electron chi connectivity index (χ1n) is 11.5. The molecule has 1 aromatic carbocycles. The number of pyridine rings is 2. The normalized spacial score (nSPS) is 17.2. The Labute approximate surface area is 213 Å². The maximum Gasteiger partial charge on any atom is 0.260 e. The summed E-state index contributed by atoms with van der Waals surface area (Å²) in [5.74, 6) is 0.363. The number of aryl methyl sites for hydroxylation is 1. The molecule has 4 heterocycles. The van der Waals surface area contributed by atoms with Crippen molar-refractivity contribution in [2.45, 2.75) is 18.7 Å². The number of fused-ring (bicyclic) bond motifs is 1. The number of hydrogen-bond donors (Lipinski definition) is 2. The SMILES string of the molecule is CNc1ncc2cc(-c3ccc(-c4cccc(C)n4)cc3Cl)c(=O)n(CC3CNCCS3(=O)=O)c2n1. The molecule has 1 fully saturated rings. The highest BCUT2D eigenvalue weighted by Crippen LogP contribution is 2.32. The summed E-state index contributed by atoms with van der Waals surface area (Å²) >= 11 is 6.69. The summed E-state index contributed by atoms with van der Waals surface area (Å²) in [6.07, 6.45) is 1.61. The van der Waals surface area contributed by atoms with E-state index in [4.69, 9.17) is 11.6 Å². The number of nitrogens with one attached hydrogen (secondary N) is 2. The fourth-order valence-electron chi connectivity index (χ4n) is 4.39. The highest BCUT2D eigenvalue weighted by Gasteiger charge is 2.30. The lowest BCUT2D eigenvalue weighted by molar-refractivity contribution is 0.516. The molecule has 1 saturated heterocycles. The summed E-state index contributed by atoms with van der Waals surface area (Å²) in [6.45, 7) is 2.56. The zero-order valence-electron chi connectivity index (χ0n) is 19.8. The van der Waals surface area contributed by atoms with Gasteiger partial charge in [0.1, 0.15) is 5.65 Å². The molecule has 0 spiro atoms. The van der Waals surface area contributed by atoms with E-state index in [1.54, 1.807) is 31.4 Å². The number of rotatable bonds is 5. The molecule has 1 unspecified atom stereocenters. The molecule has 0 saturated carbocycles. The predicted molar refractivity (Wildman–Crippen MR) is 142 cm³/mol. The second kappa shape index (κ2) is 9.61. The van der Waals surface area contributed by atoms with Crippen molar-refractivity contribution in [1.29, 1.82) is 0 Å². The lowest BCUT2D eigenvalue weighted by Gasteiger charge is -2.24. The summed E-state index contributed by atoms with van der Waals surface area (Å²) < 4.78 is 26.9.